The van der Waals surface area contributed by atoms with Crippen molar-refractivity contribution in [2.75, 3.05) is 26.2 Å². The van der Waals surface area contributed by atoms with Crippen molar-refractivity contribution < 1.29 is 27.8 Å². The van der Waals surface area contributed by atoms with Crippen molar-refractivity contribution in [2.45, 2.75) is 52.1 Å². The third kappa shape index (κ3) is 8.25. The lowest BCUT2D eigenvalue weighted by Gasteiger charge is -2.34. The Bertz CT molecular complexity index is 706. The highest BCUT2D eigenvalue weighted by atomic mass is 19.1. The highest BCUT2D eigenvalue weighted by molar-refractivity contribution is 5.75. The number of nitrogens with zero attached hydrogens (tertiary/aromatic N) is 1. The van der Waals surface area contributed by atoms with Crippen LogP contribution in [0.4, 0.5) is 13.6 Å². The molecule has 2 rings (SSSR count). The second-order valence-electron chi connectivity index (χ2n) is 8.27. The zero-order valence-electron chi connectivity index (χ0n) is 17.3. The van der Waals surface area contributed by atoms with Crippen LogP contribution in [-0.2, 0) is 9.53 Å². The first-order chi connectivity index (χ1) is 13.6. The van der Waals surface area contributed by atoms with Crippen LogP contribution in [0.1, 0.15) is 46.5 Å². The third-order valence-corrected chi connectivity index (χ3v) is 4.46. The largest absolute Gasteiger partial charge is 0.491 e. The van der Waals surface area contributed by atoms with Crippen molar-refractivity contribution in [1.29, 1.82) is 0 Å². The maximum atomic E-state index is 13.5. The van der Waals surface area contributed by atoms with Gasteiger partial charge in [0, 0.05) is 32.1 Å². The number of amides is 2. The Morgan fingerprint density at radius 2 is 2.03 bits per heavy atom. The summed E-state index contributed by atoms with van der Waals surface area (Å²) in [7, 11) is 0. The summed E-state index contributed by atoms with van der Waals surface area (Å²) < 4.78 is 36.9. The molecule has 0 saturated carbocycles. The van der Waals surface area contributed by atoms with Gasteiger partial charge in [-0.25, -0.2) is 13.6 Å². The van der Waals surface area contributed by atoms with Crippen molar-refractivity contribution in [3.05, 3.63) is 29.8 Å². The first-order valence-corrected chi connectivity index (χ1v) is 9.96. The van der Waals surface area contributed by atoms with E-state index in [1.165, 1.54) is 6.07 Å². The van der Waals surface area contributed by atoms with Crippen molar-refractivity contribution >= 4 is 12.0 Å². The molecule has 1 aliphatic rings. The molecule has 1 heterocycles. The molecule has 0 spiro atoms. The van der Waals surface area contributed by atoms with Gasteiger partial charge in [0.2, 0.25) is 5.91 Å². The lowest BCUT2D eigenvalue weighted by Crippen LogP contribution is -2.45. The molecule has 8 heteroatoms. The van der Waals surface area contributed by atoms with Gasteiger partial charge in [0.05, 0.1) is 6.61 Å². The minimum Gasteiger partial charge on any atom is -0.491 e. The summed E-state index contributed by atoms with van der Waals surface area (Å²) in [6.07, 6.45) is 2.14. The molecule has 1 aliphatic heterocycles. The number of hydrogen-bond donors (Lipinski definition) is 1. The fourth-order valence-corrected chi connectivity index (χ4v) is 3.08. The quantitative estimate of drug-likeness (QED) is 0.690. The van der Waals surface area contributed by atoms with Crippen LogP contribution in [0.25, 0.3) is 0 Å². The molecule has 162 valence electrons. The molecule has 2 amide bonds. The van der Waals surface area contributed by atoms with E-state index in [1.807, 2.05) is 20.8 Å². The van der Waals surface area contributed by atoms with Gasteiger partial charge in [0.1, 0.15) is 11.4 Å². The van der Waals surface area contributed by atoms with Crippen LogP contribution in [0.3, 0.4) is 0 Å². The van der Waals surface area contributed by atoms with E-state index < -0.39 is 17.2 Å². The zero-order valence-corrected chi connectivity index (χ0v) is 17.3. The second kappa shape index (κ2) is 10.4. The number of piperidine rings is 1. The second-order valence-corrected chi connectivity index (χ2v) is 8.27. The molecule has 0 aliphatic carbocycles. The Balaban J connectivity index is 1.65. The summed E-state index contributed by atoms with van der Waals surface area (Å²) in [5.41, 5.74) is -0.531. The monoisotopic (exact) mass is 412 g/mol. The van der Waals surface area contributed by atoms with Crippen LogP contribution in [-0.4, -0.2) is 48.7 Å². The molecule has 1 N–H and O–H groups in total. The SMILES string of the molecule is CC(C)(C)OC(=O)N1CCCC(CNC(=O)CCCOc2ccc(F)cc2F)C1. The van der Waals surface area contributed by atoms with Crippen molar-refractivity contribution in [3.63, 3.8) is 0 Å². The van der Waals surface area contributed by atoms with Crippen LogP contribution in [0.5, 0.6) is 5.75 Å². The molecule has 29 heavy (non-hydrogen) atoms. The highest BCUT2D eigenvalue weighted by Crippen LogP contribution is 2.19. The Morgan fingerprint density at radius 1 is 1.28 bits per heavy atom. The molecule has 1 aromatic rings. The number of hydrogen-bond acceptors (Lipinski definition) is 4. The summed E-state index contributed by atoms with van der Waals surface area (Å²) in [6, 6.07) is 3.10. The predicted octanol–water partition coefficient (Wildman–Crippen LogP) is 3.89. The smallest absolute Gasteiger partial charge is 0.410 e. The number of carbonyl (C=O) groups is 2. The predicted molar refractivity (Wildman–Crippen MR) is 105 cm³/mol. The minimum atomic E-state index is -0.763. The molecule has 0 radical (unpaired) electrons. The summed E-state index contributed by atoms with van der Waals surface area (Å²) in [5, 5.41) is 2.88. The van der Waals surface area contributed by atoms with Crippen LogP contribution in [0, 0.1) is 17.6 Å². The van der Waals surface area contributed by atoms with Gasteiger partial charge in [0.25, 0.3) is 0 Å². The number of likely N-dealkylation sites (tertiary alicyclic amines) is 1. The first kappa shape index (κ1) is 22.9. The van der Waals surface area contributed by atoms with E-state index in [0.717, 1.165) is 25.0 Å². The Labute approximate surface area is 170 Å². The average Bonchev–Trinajstić information content (AvgIpc) is 2.64. The number of benzene rings is 1. The van der Waals surface area contributed by atoms with E-state index in [1.54, 1.807) is 4.90 Å². The van der Waals surface area contributed by atoms with Crippen LogP contribution >= 0.6 is 0 Å². The minimum absolute atomic E-state index is 0.0313. The number of rotatable bonds is 7. The zero-order chi connectivity index (χ0) is 21.4. The molecular weight excluding hydrogens is 382 g/mol. The normalized spacial score (nSPS) is 17.0. The van der Waals surface area contributed by atoms with Crippen LogP contribution in [0.15, 0.2) is 18.2 Å². The molecule has 1 unspecified atom stereocenters. The molecule has 0 bridgehead atoms. The standard InChI is InChI=1S/C21H30F2N2O4/c1-21(2,3)29-20(27)25-10-4-6-15(14-25)13-24-19(26)7-5-11-28-18-9-8-16(22)12-17(18)23/h8-9,12,15H,4-7,10-11,13-14H2,1-3H3,(H,24,26). The molecule has 0 aromatic heterocycles. The van der Waals surface area contributed by atoms with E-state index >= 15 is 0 Å². The van der Waals surface area contributed by atoms with E-state index in [4.69, 9.17) is 9.47 Å². The van der Waals surface area contributed by atoms with Crippen molar-refractivity contribution in [1.82, 2.24) is 10.2 Å². The Morgan fingerprint density at radius 3 is 2.72 bits per heavy atom. The van der Waals surface area contributed by atoms with E-state index in [0.29, 0.717) is 26.1 Å². The molecule has 1 atom stereocenters. The molecule has 1 aromatic carbocycles. The van der Waals surface area contributed by atoms with Gasteiger partial charge >= 0.3 is 6.09 Å². The average molecular weight is 412 g/mol. The highest BCUT2D eigenvalue weighted by Gasteiger charge is 2.27. The number of carbonyl (C=O) groups excluding carboxylic acids is 2. The van der Waals surface area contributed by atoms with Crippen LogP contribution in [0.2, 0.25) is 0 Å². The molecule has 6 nitrogen and oxygen atoms in total. The fourth-order valence-electron chi connectivity index (χ4n) is 3.08. The molecule has 1 saturated heterocycles. The first-order valence-electron chi connectivity index (χ1n) is 9.96. The molecular formula is C21H30F2N2O4. The van der Waals surface area contributed by atoms with Gasteiger partial charge in [-0.3, -0.25) is 4.79 Å². The van der Waals surface area contributed by atoms with Gasteiger partial charge in [0.15, 0.2) is 11.6 Å². The topological polar surface area (TPSA) is 67.9 Å². The lowest BCUT2D eigenvalue weighted by molar-refractivity contribution is -0.121. The van der Waals surface area contributed by atoms with E-state index in [-0.39, 0.29) is 36.7 Å². The summed E-state index contributed by atoms with van der Waals surface area (Å²) in [6.45, 7) is 7.37. The van der Waals surface area contributed by atoms with E-state index in [9.17, 15) is 18.4 Å². The summed E-state index contributed by atoms with van der Waals surface area (Å²) in [5.74, 6) is -1.40. The number of nitrogens with one attached hydrogen (secondary N) is 1. The maximum Gasteiger partial charge on any atom is 0.410 e. The Hall–Kier alpha value is -2.38. The van der Waals surface area contributed by atoms with Gasteiger partial charge in [-0.05, 0) is 58.1 Å². The number of halogens is 2. The summed E-state index contributed by atoms with van der Waals surface area (Å²) >= 11 is 0. The van der Waals surface area contributed by atoms with E-state index in [2.05, 4.69) is 5.32 Å². The van der Waals surface area contributed by atoms with Gasteiger partial charge in [-0.15, -0.1) is 0 Å². The van der Waals surface area contributed by atoms with Gasteiger partial charge < -0.3 is 19.7 Å². The van der Waals surface area contributed by atoms with Gasteiger partial charge in [-0.1, -0.05) is 0 Å². The van der Waals surface area contributed by atoms with Crippen molar-refractivity contribution in [2.24, 2.45) is 5.92 Å². The number of ether oxygens (including phenoxy) is 2. The fraction of sp³-hybridized carbons (Fsp3) is 0.619. The lowest BCUT2D eigenvalue weighted by atomic mass is 9.98. The Kier molecular flexibility index (Phi) is 8.22. The molecule has 1 fully saturated rings. The van der Waals surface area contributed by atoms with Gasteiger partial charge in [-0.2, -0.15) is 0 Å². The van der Waals surface area contributed by atoms with Crippen molar-refractivity contribution in [3.8, 4) is 5.75 Å². The maximum absolute atomic E-state index is 13.5. The third-order valence-electron chi connectivity index (χ3n) is 4.46. The summed E-state index contributed by atoms with van der Waals surface area (Å²) in [4.78, 5) is 25.9. The van der Waals surface area contributed by atoms with Crippen LogP contribution < -0.4 is 10.1 Å².